The molecule has 0 aromatic carbocycles. The van der Waals surface area contributed by atoms with Crippen molar-refractivity contribution in [3.63, 3.8) is 0 Å². The minimum atomic E-state index is 0.0874. The van der Waals surface area contributed by atoms with E-state index < -0.39 is 0 Å². The molecule has 1 saturated carbocycles. The van der Waals surface area contributed by atoms with Crippen LogP contribution in [0.4, 0.5) is 4.79 Å². The molecular formula is C12H17BrN4O. The van der Waals surface area contributed by atoms with Gasteiger partial charge >= 0.3 is 6.03 Å². The second-order valence-corrected chi connectivity index (χ2v) is 6.04. The van der Waals surface area contributed by atoms with Crippen LogP contribution in [0.5, 0.6) is 0 Å². The molecule has 2 fully saturated rings. The molecule has 0 radical (unpaired) electrons. The highest BCUT2D eigenvalue weighted by Gasteiger charge is 2.33. The van der Waals surface area contributed by atoms with Gasteiger partial charge in [-0.3, -0.25) is 4.68 Å². The summed E-state index contributed by atoms with van der Waals surface area (Å²) in [5, 5.41) is 7.35. The van der Waals surface area contributed by atoms with Crippen molar-refractivity contribution in [2.45, 2.75) is 37.8 Å². The van der Waals surface area contributed by atoms with Gasteiger partial charge in [-0.05, 0) is 28.8 Å². The predicted molar refractivity (Wildman–Crippen MR) is 71.3 cm³/mol. The van der Waals surface area contributed by atoms with Crippen LogP contribution < -0.4 is 5.32 Å². The maximum Gasteiger partial charge on any atom is 0.317 e. The highest BCUT2D eigenvalue weighted by Crippen LogP contribution is 2.23. The van der Waals surface area contributed by atoms with E-state index in [0.717, 1.165) is 30.4 Å². The largest absolute Gasteiger partial charge is 0.335 e. The second kappa shape index (κ2) is 4.91. The summed E-state index contributed by atoms with van der Waals surface area (Å²) in [5.41, 5.74) is 0. The van der Waals surface area contributed by atoms with Gasteiger partial charge in [-0.25, -0.2) is 4.79 Å². The summed E-state index contributed by atoms with van der Waals surface area (Å²) in [6.07, 6.45) is 8.49. The molecule has 6 heteroatoms. The minimum absolute atomic E-state index is 0.0874. The summed E-state index contributed by atoms with van der Waals surface area (Å²) in [6.45, 7) is 1.51. The molecule has 0 unspecified atom stereocenters. The molecule has 1 N–H and O–H groups in total. The average molecular weight is 313 g/mol. The lowest BCUT2D eigenvalue weighted by molar-refractivity contribution is 0.116. The van der Waals surface area contributed by atoms with E-state index in [-0.39, 0.29) is 6.03 Å². The van der Waals surface area contributed by atoms with Gasteiger partial charge in [0.2, 0.25) is 0 Å². The van der Waals surface area contributed by atoms with Crippen LogP contribution in [0.2, 0.25) is 0 Å². The molecule has 2 heterocycles. The highest BCUT2D eigenvalue weighted by atomic mass is 79.9. The number of urea groups is 1. The topological polar surface area (TPSA) is 50.2 Å². The standard InChI is InChI=1S/C12H17BrN4O/c13-9-5-14-17(6-9)11-7-16(8-11)12(18)15-10-3-1-2-4-10/h5-6,10-11H,1-4,7-8H2,(H,15,18). The lowest BCUT2D eigenvalue weighted by Gasteiger charge is -2.39. The van der Waals surface area contributed by atoms with E-state index in [9.17, 15) is 4.79 Å². The Labute approximate surface area is 115 Å². The molecule has 1 aromatic heterocycles. The summed E-state index contributed by atoms with van der Waals surface area (Å²) in [7, 11) is 0. The van der Waals surface area contributed by atoms with Gasteiger partial charge in [0.05, 0.1) is 16.7 Å². The second-order valence-electron chi connectivity index (χ2n) is 5.13. The fraction of sp³-hybridized carbons (Fsp3) is 0.667. The molecule has 98 valence electrons. The van der Waals surface area contributed by atoms with Crippen LogP contribution in [-0.2, 0) is 0 Å². The number of rotatable bonds is 2. The number of amides is 2. The number of aromatic nitrogens is 2. The number of nitrogens with one attached hydrogen (secondary N) is 1. The third-order valence-electron chi connectivity index (χ3n) is 3.78. The van der Waals surface area contributed by atoms with Gasteiger partial charge in [0, 0.05) is 25.3 Å². The summed E-state index contributed by atoms with van der Waals surface area (Å²) < 4.78 is 2.90. The Hall–Kier alpha value is -1.04. The summed E-state index contributed by atoms with van der Waals surface area (Å²) in [4.78, 5) is 13.8. The molecule has 2 amide bonds. The van der Waals surface area contributed by atoms with E-state index in [1.807, 2.05) is 15.8 Å². The lowest BCUT2D eigenvalue weighted by Crippen LogP contribution is -2.55. The Morgan fingerprint density at radius 1 is 1.39 bits per heavy atom. The molecule has 1 aliphatic heterocycles. The fourth-order valence-corrected chi connectivity index (χ4v) is 2.94. The van der Waals surface area contributed by atoms with Crippen LogP contribution >= 0.6 is 15.9 Å². The van der Waals surface area contributed by atoms with Gasteiger partial charge in [0.15, 0.2) is 0 Å². The van der Waals surface area contributed by atoms with Crippen LogP contribution in [0.15, 0.2) is 16.9 Å². The van der Waals surface area contributed by atoms with Gasteiger partial charge in [0.1, 0.15) is 0 Å². The van der Waals surface area contributed by atoms with E-state index in [4.69, 9.17) is 0 Å². The zero-order valence-electron chi connectivity index (χ0n) is 10.2. The van der Waals surface area contributed by atoms with Gasteiger partial charge in [-0.15, -0.1) is 0 Å². The molecule has 2 aliphatic rings. The number of nitrogens with zero attached hydrogens (tertiary/aromatic N) is 3. The number of halogens is 1. The SMILES string of the molecule is O=C(NC1CCCC1)N1CC(n2cc(Br)cn2)C1. The normalized spacial score (nSPS) is 21.1. The molecule has 1 aromatic rings. The first-order chi connectivity index (χ1) is 8.72. The highest BCUT2D eigenvalue weighted by molar-refractivity contribution is 9.10. The Morgan fingerprint density at radius 2 is 2.11 bits per heavy atom. The van der Waals surface area contributed by atoms with E-state index in [2.05, 4.69) is 26.3 Å². The third-order valence-corrected chi connectivity index (χ3v) is 4.19. The van der Waals surface area contributed by atoms with E-state index in [1.165, 1.54) is 12.8 Å². The average Bonchev–Trinajstić information content (AvgIpc) is 2.88. The first kappa shape index (κ1) is 12.0. The Kier molecular flexibility index (Phi) is 3.28. The van der Waals surface area contributed by atoms with Crippen LogP contribution in [0, 0.1) is 0 Å². The summed E-state index contributed by atoms with van der Waals surface area (Å²) in [5.74, 6) is 0. The molecule has 1 aliphatic carbocycles. The van der Waals surface area contributed by atoms with Crippen molar-refractivity contribution >= 4 is 22.0 Å². The Morgan fingerprint density at radius 3 is 2.72 bits per heavy atom. The zero-order valence-corrected chi connectivity index (χ0v) is 11.8. The maximum atomic E-state index is 11.9. The van der Waals surface area contributed by atoms with Gasteiger partial charge < -0.3 is 10.2 Å². The molecular weight excluding hydrogens is 296 g/mol. The Bertz CT molecular complexity index is 435. The molecule has 18 heavy (non-hydrogen) atoms. The smallest absolute Gasteiger partial charge is 0.317 e. The molecule has 0 bridgehead atoms. The number of likely N-dealkylation sites (tertiary alicyclic amines) is 1. The van der Waals surface area contributed by atoms with Crippen molar-refractivity contribution in [2.75, 3.05) is 13.1 Å². The number of hydrogen-bond acceptors (Lipinski definition) is 2. The van der Waals surface area contributed by atoms with Gasteiger partial charge in [-0.2, -0.15) is 5.10 Å². The van der Waals surface area contributed by atoms with E-state index in [0.29, 0.717) is 12.1 Å². The van der Waals surface area contributed by atoms with Crippen molar-refractivity contribution in [3.8, 4) is 0 Å². The quantitative estimate of drug-likeness (QED) is 0.909. The minimum Gasteiger partial charge on any atom is -0.335 e. The molecule has 3 rings (SSSR count). The Balaban J connectivity index is 1.48. The predicted octanol–water partition coefficient (Wildman–Crippen LogP) is 2.15. The van der Waals surface area contributed by atoms with Crippen molar-refractivity contribution in [1.29, 1.82) is 0 Å². The van der Waals surface area contributed by atoms with E-state index in [1.54, 1.807) is 6.20 Å². The summed E-state index contributed by atoms with van der Waals surface area (Å²) >= 11 is 3.38. The number of hydrogen-bond donors (Lipinski definition) is 1. The van der Waals surface area contributed by atoms with Gasteiger partial charge in [0.25, 0.3) is 0 Å². The number of carbonyl (C=O) groups excluding carboxylic acids is 1. The number of carbonyl (C=O) groups is 1. The molecule has 0 spiro atoms. The maximum absolute atomic E-state index is 11.9. The van der Waals surface area contributed by atoms with Crippen LogP contribution in [0.25, 0.3) is 0 Å². The van der Waals surface area contributed by atoms with Crippen molar-refractivity contribution in [1.82, 2.24) is 20.0 Å². The molecule has 0 atom stereocenters. The molecule has 1 saturated heterocycles. The van der Waals surface area contributed by atoms with Crippen LogP contribution in [-0.4, -0.2) is 39.8 Å². The first-order valence-corrected chi connectivity index (χ1v) is 7.27. The third kappa shape index (κ3) is 2.39. The monoisotopic (exact) mass is 312 g/mol. The lowest BCUT2D eigenvalue weighted by atomic mass is 10.1. The first-order valence-electron chi connectivity index (χ1n) is 6.47. The van der Waals surface area contributed by atoms with Gasteiger partial charge in [-0.1, -0.05) is 12.8 Å². The van der Waals surface area contributed by atoms with Crippen molar-refractivity contribution in [2.24, 2.45) is 0 Å². The van der Waals surface area contributed by atoms with Crippen molar-refractivity contribution < 1.29 is 4.79 Å². The zero-order chi connectivity index (χ0) is 12.5. The fourth-order valence-electron chi connectivity index (χ4n) is 2.64. The van der Waals surface area contributed by atoms with Crippen molar-refractivity contribution in [3.05, 3.63) is 16.9 Å². The molecule has 5 nitrogen and oxygen atoms in total. The van der Waals surface area contributed by atoms with Crippen LogP contribution in [0.3, 0.4) is 0 Å². The van der Waals surface area contributed by atoms with Crippen LogP contribution in [0.1, 0.15) is 31.7 Å². The van der Waals surface area contributed by atoms with E-state index >= 15 is 0 Å². The summed E-state index contributed by atoms with van der Waals surface area (Å²) in [6, 6.07) is 0.811.